The Bertz CT molecular complexity index is 1320. The van der Waals surface area contributed by atoms with E-state index in [1.165, 1.54) is 43.4 Å². The molecule has 0 saturated heterocycles. The van der Waals surface area contributed by atoms with Gasteiger partial charge in [-0.2, -0.15) is 0 Å². The van der Waals surface area contributed by atoms with Crippen molar-refractivity contribution in [2.24, 2.45) is 5.92 Å². The molecule has 7 nitrogen and oxygen atoms in total. The van der Waals surface area contributed by atoms with Gasteiger partial charge in [-0.05, 0) is 72.7 Å². The van der Waals surface area contributed by atoms with Gasteiger partial charge in [-0.15, -0.1) is 0 Å². The highest BCUT2D eigenvalue weighted by atomic mass is 16.5. The Kier molecular flexibility index (Phi) is 10.4. The Morgan fingerprint density at radius 3 is 2.60 bits per heavy atom. The highest BCUT2D eigenvalue weighted by molar-refractivity contribution is 5.97. The summed E-state index contributed by atoms with van der Waals surface area (Å²) < 4.78 is 11.3. The predicted molar refractivity (Wildman–Crippen MR) is 166 cm³/mol. The van der Waals surface area contributed by atoms with Crippen molar-refractivity contribution in [3.8, 4) is 11.5 Å². The molecule has 0 aromatic heterocycles. The third kappa shape index (κ3) is 8.05. The molecule has 222 valence electrons. The number of fused-ring (bicyclic) bond motifs is 1. The molecule has 7 heteroatoms. The predicted octanol–water partition coefficient (Wildman–Crippen LogP) is 5.91. The maximum Gasteiger partial charge on any atom is 0.252 e. The van der Waals surface area contributed by atoms with Crippen molar-refractivity contribution < 1.29 is 19.1 Å². The van der Waals surface area contributed by atoms with Gasteiger partial charge in [-0.3, -0.25) is 9.59 Å². The normalized spacial score (nSPS) is 15.5. The highest BCUT2D eigenvalue weighted by Gasteiger charge is 2.25. The minimum absolute atomic E-state index is 0.119. The van der Waals surface area contributed by atoms with Gasteiger partial charge in [0, 0.05) is 30.9 Å². The van der Waals surface area contributed by atoms with E-state index in [-0.39, 0.29) is 11.8 Å². The van der Waals surface area contributed by atoms with Crippen molar-refractivity contribution in [2.45, 2.75) is 64.0 Å². The third-order valence-electron chi connectivity index (χ3n) is 8.51. The van der Waals surface area contributed by atoms with Crippen LogP contribution < -0.4 is 25.0 Å². The molecule has 1 aliphatic heterocycles. The summed E-state index contributed by atoms with van der Waals surface area (Å²) in [5.41, 5.74) is 4.09. The molecule has 0 radical (unpaired) electrons. The number of rotatable bonds is 13. The van der Waals surface area contributed by atoms with Gasteiger partial charge in [0.05, 0.1) is 7.11 Å². The summed E-state index contributed by atoms with van der Waals surface area (Å²) in [7, 11) is 1.58. The fourth-order valence-corrected chi connectivity index (χ4v) is 6.10. The Hall–Kier alpha value is -4.00. The highest BCUT2D eigenvalue weighted by Crippen LogP contribution is 2.31. The van der Waals surface area contributed by atoms with Crippen LogP contribution in [0.25, 0.3) is 0 Å². The molecule has 42 heavy (non-hydrogen) atoms. The number of hydrogen-bond donors (Lipinski definition) is 2. The summed E-state index contributed by atoms with van der Waals surface area (Å²) in [6.45, 7) is 2.68. The summed E-state index contributed by atoms with van der Waals surface area (Å²) in [5, 5.41) is 6.13. The van der Waals surface area contributed by atoms with E-state index in [0.29, 0.717) is 43.3 Å². The second kappa shape index (κ2) is 14.8. The lowest BCUT2D eigenvalue weighted by Gasteiger charge is -2.25. The molecule has 3 aromatic carbocycles. The minimum atomic E-state index is -0.569. The average Bonchev–Trinajstić information content (AvgIpc) is 3.44. The molecule has 5 rings (SSSR count). The van der Waals surface area contributed by atoms with Crippen LogP contribution in [-0.2, 0) is 17.8 Å². The zero-order valence-electron chi connectivity index (χ0n) is 24.6. The molecule has 2 amide bonds. The number of methoxy groups -OCH3 is 1. The standard InChI is InChI=1S/C35H43N3O4/c1-41-30-14-8-13-29(24-30)34(39)37-32(17-15-26-9-4-2-5-10-26)35(40)36-20-22-38-21-19-28-23-31(16-18-33(28)38)42-25-27-11-6-3-7-12-27/h3,6-8,11-14,16,18,23-24,26,32H,2,4-5,9-10,15,17,19-22,25H2,1H3,(H,36,40)(H,37,39). The summed E-state index contributed by atoms with van der Waals surface area (Å²) in [4.78, 5) is 28.8. The Morgan fingerprint density at radius 1 is 0.952 bits per heavy atom. The van der Waals surface area contributed by atoms with Gasteiger partial charge in [0.1, 0.15) is 24.1 Å². The second-order valence-electron chi connectivity index (χ2n) is 11.4. The molecule has 1 atom stereocenters. The number of carbonyl (C=O) groups is 2. The minimum Gasteiger partial charge on any atom is -0.497 e. The number of hydrogen-bond acceptors (Lipinski definition) is 5. The summed E-state index contributed by atoms with van der Waals surface area (Å²) >= 11 is 0. The molecule has 1 aliphatic carbocycles. The van der Waals surface area contributed by atoms with Crippen LogP contribution in [0.4, 0.5) is 5.69 Å². The Morgan fingerprint density at radius 2 is 1.79 bits per heavy atom. The summed E-state index contributed by atoms with van der Waals surface area (Å²) in [5.74, 6) is 1.75. The topological polar surface area (TPSA) is 79.9 Å². The van der Waals surface area contributed by atoms with Crippen LogP contribution >= 0.6 is 0 Å². The number of carbonyl (C=O) groups excluding carboxylic acids is 2. The van der Waals surface area contributed by atoms with Gasteiger partial charge >= 0.3 is 0 Å². The second-order valence-corrected chi connectivity index (χ2v) is 11.4. The average molecular weight is 570 g/mol. The molecule has 1 fully saturated rings. The van der Waals surface area contributed by atoms with E-state index >= 15 is 0 Å². The van der Waals surface area contributed by atoms with Gasteiger partial charge in [-0.25, -0.2) is 0 Å². The molecule has 1 saturated carbocycles. The maximum absolute atomic E-state index is 13.4. The first-order chi connectivity index (χ1) is 20.6. The van der Waals surface area contributed by atoms with Crippen LogP contribution in [0.1, 0.15) is 66.4 Å². The molecular formula is C35H43N3O4. The number of amides is 2. The van der Waals surface area contributed by atoms with Crippen molar-refractivity contribution in [1.29, 1.82) is 0 Å². The van der Waals surface area contributed by atoms with Crippen LogP contribution in [0.3, 0.4) is 0 Å². The maximum atomic E-state index is 13.4. The van der Waals surface area contributed by atoms with Crippen molar-refractivity contribution in [3.63, 3.8) is 0 Å². The van der Waals surface area contributed by atoms with Crippen LogP contribution in [0, 0.1) is 5.92 Å². The van der Waals surface area contributed by atoms with Crippen molar-refractivity contribution in [3.05, 3.63) is 89.5 Å². The first-order valence-corrected chi connectivity index (χ1v) is 15.4. The molecule has 0 bridgehead atoms. The fraction of sp³-hybridized carbons (Fsp3) is 0.429. The SMILES string of the molecule is COc1cccc(C(=O)NC(CCC2CCCCC2)C(=O)NCCN2CCc3cc(OCc4ccccc4)ccc32)c1. The summed E-state index contributed by atoms with van der Waals surface area (Å²) in [6, 6.07) is 22.9. The van der Waals surface area contributed by atoms with E-state index < -0.39 is 6.04 Å². The van der Waals surface area contributed by atoms with Crippen LogP contribution in [0.2, 0.25) is 0 Å². The van der Waals surface area contributed by atoms with Gasteiger partial charge in [0.25, 0.3) is 5.91 Å². The van der Waals surface area contributed by atoms with Crippen molar-refractivity contribution >= 4 is 17.5 Å². The van der Waals surface area contributed by atoms with E-state index in [9.17, 15) is 9.59 Å². The Balaban J connectivity index is 1.15. The van der Waals surface area contributed by atoms with E-state index in [2.05, 4.69) is 39.8 Å². The number of nitrogens with zero attached hydrogens (tertiary/aromatic N) is 1. The van der Waals surface area contributed by atoms with E-state index in [4.69, 9.17) is 9.47 Å². The molecule has 1 unspecified atom stereocenters. The van der Waals surface area contributed by atoms with Gasteiger partial charge < -0.3 is 25.0 Å². The van der Waals surface area contributed by atoms with E-state index in [1.807, 2.05) is 24.3 Å². The Labute approximate surface area is 249 Å². The molecule has 1 heterocycles. The quantitative estimate of drug-likeness (QED) is 0.268. The molecule has 0 spiro atoms. The van der Waals surface area contributed by atoms with E-state index in [0.717, 1.165) is 30.7 Å². The fourth-order valence-electron chi connectivity index (χ4n) is 6.10. The molecule has 2 aliphatic rings. The number of benzene rings is 3. The third-order valence-corrected chi connectivity index (χ3v) is 8.51. The number of anilines is 1. The summed E-state index contributed by atoms with van der Waals surface area (Å²) in [6.07, 6.45) is 8.79. The lowest BCUT2D eigenvalue weighted by molar-refractivity contribution is -0.123. The number of ether oxygens (including phenoxy) is 2. The van der Waals surface area contributed by atoms with Crippen molar-refractivity contribution in [1.82, 2.24) is 10.6 Å². The molecular weight excluding hydrogens is 526 g/mol. The van der Waals surface area contributed by atoms with Gasteiger partial charge in [-0.1, -0.05) is 68.5 Å². The lowest BCUT2D eigenvalue weighted by Crippen LogP contribution is -2.48. The van der Waals surface area contributed by atoms with E-state index in [1.54, 1.807) is 31.4 Å². The first-order valence-electron chi connectivity index (χ1n) is 15.4. The van der Waals surface area contributed by atoms with Crippen molar-refractivity contribution in [2.75, 3.05) is 31.6 Å². The number of nitrogens with one attached hydrogen (secondary N) is 2. The zero-order valence-corrected chi connectivity index (χ0v) is 24.6. The largest absolute Gasteiger partial charge is 0.497 e. The lowest BCUT2D eigenvalue weighted by atomic mass is 9.85. The zero-order chi connectivity index (χ0) is 29.1. The molecule has 2 N–H and O–H groups in total. The molecule has 3 aromatic rings. The van der Waals surface area contributed by atoms with Crippen LogP contribution in [0.15, 0.2) is 72.8 Å². The van der Waals surface area contributed by atoms with Gasteiger partial charge in [0.2, 0.25) is 5.91 Å². The monoisotopic (exact) mass is 569 g/mol. The van der Waals surface area contributed by atoms with Gasteiger partial charge in [0.15, 0.2) is 0 Å². The van der Waals surface area contributed by atoms with Crippen LogP contribution in [-0.4, -0.2) is 44.6 Å². The van der Waals surface area contributed by atoms with Crippen LogP contribution in [0.5, 0.6) is 11.5 Å². The first kappa shape index (κ1) is 29.5. The smallest absolute Gasteiger partial charge is 0.252 e.